The first kappa shape index (κ1) is 49.6. The highest BCUT2D eigenvalue weighted by molar-refractivity contribution is 6.24. The van der Waals surface area contributed by atoms with Crippen molar-refractivity contribution in [2.45, 2.75) is 49.2 Å². The quantitative estimate of drug-likeness (QED) is 0.0985. The summed E-state index contributed by atoms with van der Waals surface area (Å²) in [5.74, 6) is 4.22. The van der Waals surface area contributed by atoms with Gasteiger partial charge in [-0.05, 0) is 83.3 Å². The fourth-order valence-electron chi connectivity index (χ4n) is 12.0. The number of aromatic nitrogens is 5. The number of benzene rings is 6. The molecule has 6 aromatic carbocycles. The smallest absolute Gasteiger partial charge is 0.329 e. The second kappa shape index (κ2) is 21.1. The van der Waals surface area contributed by atoms with Gasteiger partial charge < -0.3 is 29.7 Å². The predicted molar refractivity (Wildman–Crippen MR) is 290 cm³/mol. The Morgan fingerprint density at radius 3 is 2.18 bits per heavy atom. The number of carbonyl (C=O) groups excluding carboxylic acids is 4. The molecule has 12 rings (SSSR count). The number of hydrogen-bond donors (Lipinski definition) is 2. The number of esters is 1. The molecule has 0 aliphatic carbocycles. The first-order valence-corrected chi connectivity index (χ1v) is 26.1. The maximum Gasteiger partial charge on any atom is 0.329 e. The highest BCUT2D eigenvalue weighted by Crippen LogP contribution is 2.66. The Hall–Kier alpha value is -9.24. The van der Waals surface area contributed by atoms with Crippen LogP contribution in [-0.2, 0) is 31.1 Å². The van der Waals surface area contributed by atoms with Gasteiger partial charge in [-0.15, -0.1) is 5.10 Å². The molecule has 3 fully saturated rings. The molecule has 7 unspecified atom stereocenters. The van der Waals surface area contributed by atoms with Gasteiger partial charge in [-0.2, -0.15) is 0 Å². The van der Waals surface area contributed by atoms with Gasteiger partial charge in [0.05, 0.1) is 41.9 Å². The lowest BCUT2D eigenvalue weighted by Crippen LogP contribution is -2.59. The fourth-order valence-corrected chi connectivity index (χ4v) is 12.0. The van der Waals surface area contributed by atoms with E-state index in [0.29, 0.717) is 47.0 Å². The summed E-state index contributed by atoms with van der Waals surface area (Å²) in [4.78, 5) is 80.5. The number of morpholine rings is 1. The van der Waals surface area contributed by atoms with Gasteiger partial charge in [0.2, 0.25) is 17.8 Å². The number of nitrogens with one attached hydrogen (secondary N) is 1. The van der Waals surface area contributed by atoms with Crippen LogP contribution in [0.2, 0.25) is 0 Å². The number of cyclic esters (lactones) is 1. The number of hydrogen-bond acceptors (Lipinski definition) is 13. The summed E-state index contributed by atoms with van der Waals surface area (Å²) in [5.41, 5.74) is 3.45. The van der Waals surface area contributed by atoms with Crippen molar-refractivity contribution in [1.82, 2.24) is 40.1 Å². The molecule has 4 amide bonds. The van der Waals surface area contributed by atoms with E-state index in [1.807, 2.05) is 144 Å². The van der Waals surface area contributed by atoms with E-state index in [2.05, 4.69) is 37.4 Å². The van der Waals surface area contributed by atoms with Gasteiger partial charge >= 0.3 is 12.0 Å². The maximum absolute atomic E-state index is 17.0. The second-order valence-corrected chi connectivity index (χ2v) is 19.8. The van der Waals surface area contributed by atoms with Crippen molar-refractivity contribution >= 4 is 46.5 Å². The van der Waals surface area contributed by atoms with Crippen molar-refractivity contribution in [2.75, 3.05) is 49.2 Å². The number of rotatable bonds is 11. The number of carbonyl (C=O) groups is 4. The molecule has 7 atom stereocenters. The Labute approximate surface area is 450 Å². The van der Waals surface area contributed by atoms with E-state index in [9.17, 15) is 5.11 Å². The molecule has 0 saturated carbocycles. The lowest BCUT2D eigenvalue weighted by atomic mass is 9.64. The number of anilines is 2. The van der Waals surface area contributed by atoms with E-state index >= 15 is 19.2 Å². The van der Waals surface area contributed by atoms with Gasteiger partial charge in [-0.3, -0.25) is 19.3 Å². The molecule has 4 aliphatic rings. The molecular formula is C61H54N10O7. The summed E-state index contributed by atoms with van der Waals surface area (Å²) >= 11 is 0. The van der Waals surface area contributed by atoms with E-state index in [1.54, 1.807) is 58.4 Å². The zero-order chi connectivity index (χ0) is 53.3. The summed E-state index contributed by atoms with van der Waals surface area (Å²) in [6.07, 6.45) is 2.42. The number of fused-ring (bicyclic) bond motifs is 4. The summed E-state index contributed by atoms with van der Waals surface area (Å²) < 4.78 is 14.3. The van der Waals surface area contributed by atoms with Gasteiger partial charge in [0.1, 0.15) is 42.0 Å². The molecule has 8 aromatic rings. The number of para-hydroxylation sites is 1. The third-order valence-electron chi connectivity index (χ3n) is 15.4. The first-order chi connectivity index (χ1) is 38.2. The Bertz CT molecular complexity index is 3570. The van der Waals surface area contributed by atoms with Gasteiger partial charge in [-0.1, -0.05) is 132 Å². The number of piperazine rings is 1. The lowest BCUT2D eigenvalue weighted by Gasteiger charge is -2.46. The standard InChI is InChI=1S/C61H54N10O7/c1-40(42-16-5-2-6-17-42)64-60(76)70-49-29-24-41(15-13-32-69-50-23-12-11-22-48(50)65-66-69)39-47(49)61(58(70)75)51(56(73)67-33-35-68(36-34-67)59-62-30-14-31-63-59)53-57(74)78-54(44-20-9-4-10-21-44)52(43-18-7-3-8-19-43)71(53)55(61)45-25-27-46(28-26-45)77-38-37-72/h2-12,14,16-31,39-40,51-55,72H,32-38H2,1H3,(H,64,76). The second-order valence-electron chi connectivity index (χ2n) is 19.8. The zero-order valence-electron chi connectivity index (χ0n) is 42.6. The Morgan fingerprint density at radius 1 is 0.782 bits per heavy atom. The van der Waals surface area contributed by atoms with Crippen molar-refractivity contribution in [1.29, 1.82) is 0 Å². The van der Waals surface area contributed by atoms with Crippen LogP contribution in [0, 0.1) is 17.8 Å². The number of imide groups is 1. The van der Waals surface area contributed by atoms with Crippen molar-refractivity contribution in [3.63, 3.8) is 0 Å². The van der Waals surface area contributed by atoms with Crippen molar-refractivity contribution in [3.8, 4) is 17.6 Å². The predicted octanol–water partition coefficient (Wildman–Crippen LogP) is 7.13. The van der Waals surface area contributed by atoms with Crippen LogP contribution in [0.5, 0.6) is 5.75 Å². The number of nitrogens with zero attached hydrogens (tertiary/aromatic N) is 9. The minimum atomic E-state index is -2.02. The molecule has 2 aromatic heterocycles. The van der Waals surface area contributed by atoms with E-state index in [4.69, 9.17) is 9.47 Å². The van der Waals surface area contributed by atoms with E-state index < -0.39 is 65.4 Å². The third-order valence-corrected chi connectivity index (χ3v) is 15.4. The lowest BCUT2D eigenvalue weighted by molar-refractivity contribution is -0.179. The number of urea groups is 1. The molecule has 78 heavy (non-hydrogen) atoms. The normalized spacial score (nSPS) is 22.1. The van der Waals surface area contributed by atoms with E-state index in [1.165, 1.54) is 0 Å². The van der Waals surface area contributed by atoms with E-state index in [0.717, 1.165) is 27.1 Å². The molecule has 4 aliphatic heterocycles. The Morgan fingerprint density at radius 2 is 1.46 bits per heavy atom. The first-order valence-electron chi connectivity index (χ1n) is 26.1. The maximum atomic E-state index is 17.0. The molecule has 1 spiro atoms. The fraction of sp³-hybridized carbons (Fsp3) is 0.246. The molecule has 2 N–H and O–H groups in total. The minimum Gasteiger partial charge on any atom is -0.491 e. The molecule has 6 heterocycles. The van der Waals surface area contributed by atoms with Crippen LogP contribution in [0.4, 0.5) is 16.4 Å². The summed E-state index contributed by atoms with van der Waals surface area (Å²) in [6.45, 7) is 3.01. The van der Waals surface area contributed by atoms with Gasteiger partial charge in [0, 0.05) is 44.1 Å². The largest absolute Gasteiger partial charge is 0.491 e. The molecular weight excluding hydrogens is 985 g/mol. The molecule has 3 saturated heterocycles. The van der Waals surface area contributed by atoms with Crippen LogP contribution in [0.15, 0.2) is 176 Å². The summed E-state index contributed by atoms with van der Waals surface area (Å²) in [6, 6.07) is 45.8. The average Bonchev–Trinajstić information content (AvgIpc) is 3.26. The SMILES string of the molecule is CC(NC(=O)N1C(=O)C2(c3cc(C#CCn4nnc5ccccc54)ccc31)C(C(=O)N1CCN(c3ncccn3)CC1)C1C(=O)OC(c3ccccc3)C(c3ccccc3)N1C2c1ccc(OCCO)cc1)c1ccccc1. The van der Waals surface area contributed by atoms with Crippen molar-refractivity contribution < 1.29 is 33.8 Å². The van der Waals surface area contributed by atoms with Crippen LogP contribution in [0.25, 0.3) is 11.0 Å². The monoisotopic (exact) mass is 1040 g/mol. The van der Waals surface area contributed by atoms with E-state index in [-0.39, 0.29) is 38.5 Å². The molecule has 0 bridgehead atoms. The van der Waals surface area contributed by atoms with Crippen LogP contribution in [0.1, 0.15) is 64.5 Å². The van der Waals surface area contributed by atoms with Gasteiger partial charge in [0.15, 0.2) is 0 Å². The Balaban J connectivity index is 1.09. The minimum absolute atomic E-state index is 0.0378. The zero-order valence-corrected chi connectivity index (χ0v) is 42.6. The number of aliphatic hydroxyl groups is 1. The van der Waals surface area contributed by atoms with Crippen LogP contribution in [-0.4, -0.2) is 109 Å². The van der Waals surface area contributed by atoms with Crippen molar-refractivity contribution in [2.24, 2.45) is 5.92 Å². The highest BCUT2D eigenvalue weighted by atomic mass is 16.6. The molecule has 17 nitrogen and oxygen atoms in total. The van der Waals surface area contributed by atoms with Crippen LogP contribution < -0.4 is 19.9 Å². The Kier molecular flexibility index (Phi) is 13.4. The summed E-state index contributed by atoms with van der Waals surface area (Å²) in [7, 11) is 0. The average molecular weight is 1040 g/mol. The van der Waals surface area contributed by atoms with Crippen LogP contribution in [0.3, 0.4) is 0 Å². The van der Waals surface area contributed by atoms with Gasteiger partial charge in [0.25, 0.3) is 0 Å². The number of amides is 4. The molecule has 390 valence electrons. The summed E-state index contributed by atoms with van der Waals surface area (Å²) in [5, 5.41) is 21.5. The third kappa shape index (κ3) is 8.74. The molecule has 17 heteroatoms. The number of aliphatic hydroxyl groups excluding tert-OH is 1. The van der Waals surface area contributed by atoms with Crippen molar-refractivity contribution in [3.05, 3.63) is 210 Å². The van der Waals surface area contributed by atoms with Gasteiger partial charge in [-0.25, -0.2) is 24.3 Å². The topological polar surface area (TPSA) is 188 Å². The highest BCUT2D eigenvalue weighted by Gasteiger charge is 2.76. The number of ether oxygens (including phenoxy) is 2. The molecule has 0 radical (unpaired) electrons. The van der Waals surface area contributed by atoms with Crippen LogP contribution >= 0.6 is 0 Å².